The molecule has 2 N–H and O–H groups in total. The number of amides is 1. The van der Waals surface area contributed by atoms with Crippen molar-refractivity contribution in [3.05, 3.63) is 35.9 Å². The Balaban J connectivity index is 1.73. The number of nitrogens with zero attached hydrogens (tertiary/aromatic N) is 2. The Morgan fingerprint density at radius 3 is 2.77 bits per heavy atom. The van der Waals surface area contributed by atoms with Crippen LogP contribution in [-0.4, -0.2) is 69.4 Å². The second-order valence-electron chi connectivity index (χ2n) is 5.98. The molecule has 5 atom stereocenters. The molecule has 3 rings (SSSR count). The molecule has 0 radical (unpaired) electrons. The van der Waals surface area contributed by atoms with Gasteiger partial charge in [-0.15, -0.1) is 0 Å². The maximum Gasteiger partial charge on any atom is 0.413 e. The minimum Gasteiger partial charge on any atom is -0.465 e. The topological polar surface area (TPSA) is 91.6 Å². The second-order valence-corrected chi connectivity index (χ2v) is 7.04. The van der Waals surface area contributed by atoms with Crippen LogP contribution in [0.4, 0.5) is 9.18 Å². The summed E-state index contributed by atoms with van der Waals surface area (Å²) in [6, 6.07) is 8.45. The summed E-state index contributed by atoms with van der Waals surface area (Å²) >= 11 is 1.06. The van der Waals surface area contributed by atoms with Crippen LogP contribution in [0, 0.1) is 0 Å². The van der Waals surface area contributed by atoms with E-state index in [0.717, 1.165) is 22.2 Å². The van der Waals surface area contributed by atoms with Crippen LogP contribution in [0.5, 0.6) is 0 Å². The molecule has 1 fully saturated rings. The predicted octanol–water partition coefficient (Wildman–Crippen LogP) is 2.10. The van der Waals surface area contributed by atoms with Crippen molar-refractivity contribution >= 4 is 23.0 Å². The summed E-state index contributed by atoms with van der Waals surface area (Å²) in [6.07, 6.45) is -4.47. The van der Waals surface area contributed by atoms with Gasteiger partial charge in [-0.1, -0.05) is 42.1 Å². The Labute approximate surface area is 154 Å². The molecule has 0 bridgehead atoms. The largest absolute Gasteiger partial charge is 0.465 e. The third-order valence-corrected chi connectivity index (χ3v) is 5.48. The van der Waals surface area contributed by atoms with Crippen molar-refractivity contribution in [2.24, 2.45) is 4.99 Å². The standard InChI is InChI=1S/C17H21FN2O5S/c1-2-20(17(22)23)16-19-13-12(18)14(11(8-21)25-15(13)26-16)24-9-10-6-4-3-5-7-10/h3-7,11-15,21H,2,8-9H2,1H3,(H,22,23)/t11-,12-,13-,14-,15-/m1/s1. The highest BCUT2D eigenvalue weighted by Crippen LogP contribution is 2.39. The quantitative estimate of drug-likeness (QED) is 0.808. The highest BCUT2D eigenvalue weighted by molar-refractivity contribution is 8.14. The van der Waals surface area contributed by atoms with Gasteiger partial charge < -0.3 is 19.7 Å². The molecule has 7 nitrogen and oxygen atoms in total. The maximum absolute atomic E-state index is 15.1. The van der Waals surface area contributed by atoms with Crippen LogP contribution >= 0.6 is 11.8 Å². The van der Waals surface area contributed by atoms with Crippen molar-refractivity contribution in [2.45, 2.75) is 43.4 Å². The fourth-order valence-electron chi connectivity index (χ4n) is 2.97. The molecular weight excluding hydrogens is 363 g/mol. The van der Waals surface area contributed by atoms with Crippen LogP contribution < -0.4 is 0 Å². The first-order chi connectivity index (χ1) is 12.5. The Hall–Kier alpha value is -1.68. The molecular formula is C17H21FN2O5S. The van der Waals surface area contributed by atoms with E-state index in [2.05, 4.69) is 4.99 Å². The summed E-state index contributed by atoms with van der Waals surface area (Å²) in [4.78, 5) is 16.6. The average molecular weight is 384 g/mol. The molecule has 9 heteroatoms. The van der Waals surface area contributed by atoms with E-state index in [9.17, 15) is 15.0 Å². The lowest BCUT2D eigenvalue weighted by molar-refractivity contribution is -0.171. The molecule has 2 aliphatic heterocycles. The fraction of sp³-hybridized carbons (Fsp3) is 0.529. The summed E-state index contributed by atoms with van der Waals surface area (Å²) < 4.78 is 26.5. The summed E-state index contributed by atoms with van der Waals surface area (Å²) in [5.41, 5.74) is 0.202. The number of hydrogen-bond donors (Lipinski definition) is 2. The number of carbonyl (C=O) groups is 1. The first-order valence-electron chi connectivity index (χ1n) is 8.36. The summed E-state index contributed by atoms with van der Waals surface area (Å²) in [5.74, 6) is 0. The summed E-state index contributed by atoms with van der Waals surface area (Å²) in [7, 11) is 0. The molecule has 2 heterocycles. The van der Waals surface area contributed by atoms with E-state index in [0.29, 0.717) is 0 Å². The Morgan fingerprint density at radius 2 is 2.15 bits per heavy atom. The normalized spacial score (nSPS) is 30.6. The van der Waals surface area contributed by atoms with Crippen LogP contribution in [0.1, 0.15) is 12.5 Å². The highest BCUT2D eigenvalue weighted by Gasteiger charge is 2.51. The number of fused-ring (bicyclic) bond motifs is 1. The Morgan fingerprint density at radius 1 is 1.42 bits per heavy atom. The molecule has 1 aromatic rings. The van der Waals surface area contributed by atoms with Crippen molar-refractivity contribution in [3.8, 4) is 0 Å². The van der Waals surface area contributed by atoms with Gasteiger partial charge in [-0.2, -0.15) is 0 Å². The van der Waals surface area contributed by atoms with Crippen molar-refractivity contribution < 1.29 is 28.9 Å². The number of benzene rings is 1. The molecule has 1 aromatic carbocycles. The summed E-state index contributed by atoms with van der Waals surface area (Å²) in [5, 5.41) is 19.0. The number of thioether (sulfide) groups is 1. The van der Waals surface area contributed by atoms with E-state index >= 15 is 4.39 Å². The Kier molecular flexibility index (Phi) is 6.13. The number of carboxylic acid groups (broad SMARTS) is 1. The van der Waals surface area contributed by atoms with E-state index in [1.54, 1.807) is 6.92 Å². The van der Waals surface area contributed by atoms with Crippen molar-refractivity contribution in [1.82, 2.24) is 4.90 Å². The minimum absolute atomic E-state index is 0.184. The highest BCUT2D eigenvalue weighted by atomic mass is 32.2. The smallest absolute Gasteiger partial charge is 0.413 e. The van der Waals surface area contributed by atoms with Crippen molar-refractivity contribution in [2.75, 3.05) is 13.2 Å². The van der Waals surface area contributed by atoms with Crippen molar-refractivity contribution in [3.63, 3.8) is 0 Å². The fourth-order valence-corrected chi connectivity index (χ4v) is 4.24. The lowest BCUT2D eigenvalue weighted by atomic mass is 9.99. The molecule has 1 saturated heterocycles. The molecule has 0 spiro atoms. The van der Waals surface area contributed by atoms with Gasteiger partial charge in [0, 0.05) is 6.54 Å². The zero-order chi connectivity index (χ0) is 18.7. The molecule has 142 valence electrons. The molecule has 0 saturated carbocycles. The third-order valence-electron chi connectivity index (χ3n) is 4.32. The van der Waals surface area contributed by atoms with Crippen LogP contribution in [0.15, 0.2) is 35.3 Å². The van der Waals surface area contributed by atoms with E-state index in [1.807, 2.05) is 30.3 Å². The van der Waals surface area contributed by atoms with Crippen LogP contribution in [-0.2, 0) is 16.1 Å². The van der Waals surface area contributed by atoms with E-state index < -0.39 is 42.6 Å². The van der Waals surface area contributed by atoms with Crippen LogP contribution in [0.25, 0.3) is 0 Å². The molecule has 26 heavy (non-hydrogen) atoms. The van der Waals surface area contributed by atoms with E-state index in [1.165, 1.54) is 0 Å². The molecule has 1 amide bonds. The van der Waals surface area contributed by atoms with Gasteiger partial charge in [0.1, 0.15) is 23.7 Å². The molecule has 0 aliphatic carbocycles. The number of amidine groups is 1. The van der Waals surface area contributed by atoms with Gasteiger partial charge in [-0.3, -0.25) is 9.89 Å². The first-order valence-corrected chi connectivity index (χ1v) is 9.24. The lowest BCUT2D eigenvalue weighted by Crippen LogP contribution is -2.55. The molecule has 2 aliphatic rings. The number of aliphatic hydroxyl groups is 1. The van der Waals surface area contributed by atoms with Gasteiger partial charge >= 0.3 is 6.09 Å². The predicted molar refractivity (Wildman–Crippen MR) is 94.9 cm³/mol. The third kappa shape index (κ3) is 3.85. The minimum atomic E-state index is -1.51. The van der Waals surface area contributed by atoms with Gasteiger partial charge in [0.2, 0.25) is 0 Å². The zero-order valence-electron chi connectivity index (χ0n) is 14.2. The van der Waals surface area contributed by atoms with Crippen molar-refractivity contribution in [1.29, 1.82) is 0 Å². The van der Waals surface area contributed by atoms with Gasteiger partial charge in [-0.25, -0.2) is 9.18 Å². The van der Waals surface area contributed by atoms with Gasteiger partial charge in [0.25, 0.3) is 0 Å². The lowest BCUT2D eigenvalue weighted by Gasteiger charge is -2.38. The number of rotatable bonds is 5. The first kappa shape index (κ1) is 19.1. The zero-order valence-corrected chi connectivity index (χ0v) is 15.0. The molecule has 0 unspecified atom stereocenters. The SMILES string of the molecule is CCN(C(=O)O)C1=N[C@@H]2[C@@H](F)[C@H](OCc3ccccc3)[C@@H](CO)O[C@@H]2S1. The number of aliphatic imine (C=N–C) groups is 1. The van der Waals surface area contributed by atoms with Gasteiger partial charge in [0.05, 0.1) is 13.2 Å². The number of alkyl halides is 1. The number of halogens is 1. The Bertz CT molecular complexity index is 662. The van der Waals surface area contributed by atoms with Crippen LogP contribution in [0.2, 0.25) is 0 Å². The number of hydrogen-bond acceptors (Lipinski definition) is 6. The summed E-state index contributed by atoms with van der Waals surface area (Å²) in [6.45, 7) is 1.67. The molecule has 0 aromatic heterocycles. The average Bonchev–Trinajstić information content (AvgIpc) is 3.05. The van der Waals surface area contributed by atoms with Gasteiger partial charge in [0.15, 0.2) is 11.3 Å². The monoisotopic (exact) mass is 384 g/mol. The second kappa shape index (κ2) is 8.34. The van der Waals surface area contributed by atoms with E-state index in [4.69, 9.17) is 9.47 Å². The van der Waals surface area contributed by atoms with Gasteiger partial charge in [-0.05, 0) is 12.5 Å². The van der Waals surface area contributed by atoms with E-state index in [-0.39, 0.29) is 18.3 Å². The van der Waals surface area contributed by atoms with Crippen LogP contribution in [0.3, 0.4) is 0 Å². The number of aliphatic hydroxyl groups excluding tert-OH is 1. The number of ether oxygens (including phenoxy) is 2. The maximum atomic E-state index is 15.1.